The molecule has 0 amide bonds. The standard InChI is InChI=1S/C18H13F3N2O2/c1-11-5-7-12(8-6-11)16-15(17(24)25)10-23(22-16)14-4-2-3-13(9-14)18(19,20)21/h2-10H,1H3,(H,24,25). The van der Waals surface area contributed by atoms with Gasteiger partial charge >= 0.3 is 12.1 Å². The third-order valence-electron chi connectivity index (χ3n) is 3.71. The molecule has 0 aliphatic rings. The van der Waals surface area contributed by atoms with E-state index in [1.165, 1.54) is 18.3 Å². The number of carboxylic acid groups (broad SMARTS) is 1. The molecule has 7 heteroatoms. The molecule has 0 bridgehead atoms. The number of carbonyl (C=O) groups is 1. The van der Waals surface area contributed by atoms with Crippen molar-refractivity contribution in [2.45, 2.75) is 13.1 Å². The summed E-state index contributed by atoms with van der Waals surface area (Å²) in [6.07, 6.45) is -3.27. The smallest absolute Gasteiger partial charge is 0.416 e. The van der Waals surface area contributed by atoms with Gasteiger partial charge in [0, 0.05) is 11.8 Å². The maximum absolute atomic E-state index is 12.9. The molecule has 4 nitrogen and oxygen atoms in total. The molecule has 1 aromatic heterocycles. The molecule has 0 aliphatic carbocycles. The van der Waals surface area contributed by atoms with E-state index in [0.717, 1.165) is 22.4 Å². The highest BCUT2D eigenvalue weighted by Gasteiger charge is 2.30. The molecule has 3 aromatic rings. The zero-order valence-corrected chi connectivity index (χ0v) is 13.1. The first kappa shape index (κ1) is 16.8. The number of aromatic nitrogens is 2. The van der Waals surface area contributed by atoms with Gasteiger partial charge in [0.15, 0.2) is 0 Å². The fourth-order valence-corrected chi connectivity index (χ4v) is 2.41. The van der Waals surface area contributed by atoms with Crippen molar-refractivity contribution in [3.8, 4) is 16.9 Å². The predicted octanol–water partition coefficient (Wildman–Crippen LogP) is 4.56. The second-order valence-corrected chi connectivity index (χ2v) is 5.56. The van der Waals surface area contributed by atoms with E-state index in [9.17, 15) is 23.1 Å². The Morgan fingerprint density at radius 1 is 1.12 bits per heavy atom. The third kappa shape index (κ3) is 3.40. The molecule has 128 valence electrons. The summed E-state index contributed by atoms with van der Waals surface area (Å²) in [7, 11) is 0. The highest BCUT2D eigenvalue weighted by molar-refractivity contribution is 5.94. The minimum atomic E-state index is -4.49. The maximum atomic E-state index is 12.9. The van der Waals surface area contributed by atoms with Crippen LogP contribution in [0.15, 0.2) is 54.7 Å². The lowest BCUT2D eigenvalue weighted by Gasteiger charge is -2.08. The predicted molar refractivity (Wildman–Crippen MR) is 85.7 cm³/mol. The molecule has 0 saturated carbocycles. The van der Waals surface area contributed by atoms with Crippen LogP contribution in [0.3, 0.4) is 0 Å². The first-order chi connectivity index (χ1) is 11.8. The Labute approximate surface area is 141 Å². The first-order valence-electron chi connectivity index (χ1n) is 7.33. The van der Waals surface area contributed by atoms with Crippen molar-refractivity contribution in [2.24, 2.45) is 0 Å². The molecule has 0 aliphatic heterocycles. The molecular formula is C18H13F3N2O2. The van der Waals surface area contributed by atoms with Crippen molar-refractivity contribution in [1.29, 1.82) is 0 Å². The summed E-state index contributed by atoms with van der Waals surface area (Å²) in [5.74, 6) is -1.20. The van der Waals surface area contributed by atoms with Crippen molar-refractivity contribution >= 4 is 5.97 Å². The summed E-state index contributed by atoms with van der Waals surface area (Å²) < 4.78 is 39.8. The lowest BCUT2D eigenvalue weighted by atomic mass is 10.1. The topological polar surface area (TPSA) is 55.1 Å². The van der Waals surface area contributed by atoms with Crippen LogP contribution in [0.5, 0.6) is 0 Å². The van der Waals surface area contributed by atoms with Gasteiger partial charge in [-0.1, -0.05) is 35.9 Å². The quantitative estimate of drug-likeness (QED) is 0.756. The van der Waals surface area contributed by atoms with Gasteiger partial charge < -0.3 is 5.11 Å². The minimum Gasteiger partial charge on any atom is -0.478 e. The van der Waals surface area contributed by atoms with Gasteiger partial charge in [-0.25, -0.2) is 9.48 Å². The third-order valence-corrected chi connectivity index (χ3v) is 3.71. The number of benzene rings is 2. The van der Waals surface area contributed by atoms with Crippen LogP contribution in [0.25, 0.3) is 16.9 Å². The van der Waals surface area contributed by atoms with Crippen molar-refractivity contribution in [1.82, 2.24) is 9.78 Å². The van der Waals surface area contributed by atoms with Gasteiger partial charge in [0.1, 0.15) is 11.3 Å². The largest absolute Gasteiger partial charge is 0.478 e. The molecule has 3 rings (SSSR count). The van der Waals surface area contributed by atoms with E-state index in [2.05, 4.69) is 5.10 Å². The number of hydrogen-bond acceptors (Lipinski definition) is 2. The highest BCUT2D eigenvalue weighted by Crippen LogP contribution is 2.31. The van der Waals surface area contributed by atoms with E-state index >= 15 is 0 Å². The molecule has 2 aromatic carbocycles. The summed E-state index contributed by atoms with van der Waals surface area (Å²) in [6, 6.07) is 11.6. The Bertz CT molecular complexity index is 928. The lowest BCUT2D eigenvalue weighted by molar-refractivity contribution is -0.137. The van der Waals surface area contributed by atoms with Crippen molar-refractivity contribution < 1.29 is 23.1 Å². The molecular weight excluding hydrogens is 333 g/mol. The van der Waals surface area contributed by atoms with Gasteiger partial charge in [0.2, 0.25) is 0 Å². The average molecular weight is 346 g/mol. The van der Waals surface area contributed by atoms with E-state index in [4.69, 9.17) is 0 Å². The van der Waals surface area contributed by atoms with E-state index in [1.54, 1.807) is 12.1 Å². The van der Waals surface area contributed by atoms with Crippen LogP contribution in [0.4, 0.5) is 13.2 Å². The molecule has 1 N–H and O–H groups in total. The molecule has 0 fully saturated rings. The van der Waals surface area contributed by atoms with Crippen LogP contribution in [0.2, 0.25) is 0 Å². The van der Waals surface area contributed by atoms with Gasteiger partial charge in [-0.2, -0.15) is 18.3 Å². The normalized spacial score (nSPS) is 11.5. The van der Waals surface area contributed by atoms with Crippen LogP contribution >= 0.6 is 0 Å². The number of aromatic carboxylic acids is 1. The van der Waals surface area contributed by atoms with Crippen LogP contribution in [-0.2, 0) is 6.18 Å². The SMILES string of the molecule is Cc1ccc(-c2nn(-c3cccc(C(F)(F)F)c3)cc2C(=O)O)cc1. The Hall–Kier alpha value is -3.09. The van der Waals surface area contributed by atoms with Crippen LogP contribution in [-0.4, -0.2) is 20.9 Å². The monoisotopic (exact) mass is 346 g/mol. The zero-order chi connectivity index (χ0) is 18.2. The van der Waals surface area contributed by atoms with E-state index in [1.807, 2.05) is 19.1 Å². The first-order valence-corrected chi connectivity index (χ1v) is 7.33. The molecule has 0 saturated heterocycles. The summed E-state index contributed by atoms with van der Waals surface area (Å²) in [5.41, 5.74) is 1.00. The Morgan fingerprint density at radius 3 is 2.40 bits per heavy atom. The van der Waals surface area contributed by atoms with Crippen molar-refractivity contribution in [2.75, 3.05) is 0 Å². The lowest BCUT2D eigenvalue weighted by Crippen LogP contribution is -2.06. The van der Waals surface area contributed by atoms with Gasteiger partial charge in [-0.05, 0) is 25.1 Å². The summed E-state index contributed by atoms with van der Waals surface area (Å²) in [4.78, 5) is 11.5. The molecule has 1 heterocycles. The van der Waals surface area contributed by atoms with Crippen LogP contribution in [0, 0.1) is 6.92 Å². The Morgan fingerprint density at radius 2 is 1.80 bits per heavy atom. The second-order valence-electron chi connectivity index (χ2n) is 5.56. The Kier molecular flexibility index (Phi) is 4.08. The van der Waals surface area contributed by atoms with E-state index < -0.39 is 17.7 Å². The van der Waals surface area contributed by atoms with Crippen LogP contribution < -0.4 is 0 Å². The number of hydrogen-bond donors (Lipinski definition) is 1. The number of rotatable bonds is 3. The number of halogens is 3. The maximum Gasteiger partial charge on any atom is 0.416 e. The summed E-state index contributed by atoms with van der Waals surface area (Å²) in [6.45, 7) is 1.89. The molecule has 0 unspecified atom stereocenters. The molecule has 25 heavy (non-hydrogen) atoms. The summed E-state index contributed by atoms with van der Waals surface area (Å²) in [5, 5.41) is 13.6. The van der Waals surface area contributed by atoms with Gasteiger partial charge in [-0.15, -0.1) is 0 Å². The molecule has 0 atom stereocenters. The van der Waals surface area contributed by atoms with Crippen molar-refractivity contribution in [3.63, 3.8) is 0 Å². The van der Waals surface area contributed by atoms with Crippen LogP contribution in [0.1, 0.15) is 21.5 Å². The number of alkyl halides is 3. The van der Waals surface area contributed by atoms with Gasteiger partial charge in [0.05, 0.1) is 11.3 Å². The fourth-order valence-electron chi connectivity index (χ4n) is 2.41. The number of aryl methyl sites for hydroxylation is 1. The zero-order valence-electron chi connectivity index (χ0n) is 13.1. The number of nitrogens with zero attached hydrogens (tertiary/aromatic N) is 2. The second kappa shape index (κ2) is 6.08. The molecule has 0 radical (unpaired) electrons. The number of carboxylic acids is 1. The van der Waals surface area contributed by atoms with Gasteiger partial charge in [0.25, 0.3) is 0 Å². The van der Waals surface area contributed by atoms with Crippen molar-refractivity contribution in [3.05, 3.63) is 71.4 Å². The summed E-state index contributed by atoms with van der Waals surface area (Å²) >= 11 is 0. The Balaban J connectivity index is 2.12. The highest BCUT2D eigenvalue weighted by atomic mass is 19.4. The minimum absolute atomic E-state index is 0.0822. The molecule has 0 spiro atoms. The average Bonchev–Trinajstić information content (AvgIpc) is 3.00. The fraction of sp³-hybridized carbons (Fsp3) is 0.111. The van der Waals surface area contributed by atoms with E-state index in [-0.39, 0.29) is 16.9 Å². The van der Waals surface area contributed by atoms with E-state index in [0.29, 0.717) is 5.56 Å². The van der Waals surface area contributed by atoms with Gasteiger partial charge in [-0.3, -0.25) is 0 Å².